The van der Waals surface area contributed by atoms with Crippen LogP contribution in [0.4, 0.5) is 0 Å². The van der Waals surface area contributed by atoms with Gasteiger partial charge in [-0.1, -0.05) is 59.8 Å². The highest BCUT2D eigenvalue weighted by Gasteiger charge is 2.30. The van der Waals surface area contributed by atoms with E-state index in [1.165, 1.54) is 11.8 Å². The number of amides is 1. The van der Waals surface area contributed by atoms with Crippen molar-refractivity contribution in [2.24, 2.45) is 0 Å². The number of ether oxygens (including phenoxy) is 1. The van der Waals surface area contributed by atoms with Crippen molar-refractivity contribution in [1.29, 1.82) is 0 Å². The maximum absolute atomic E-state index is 13.3. The van der Waals surface area contributed by atoms with Crippen LogP contribution in [-0.4, -0.2) is 57.3 Å². The molecule has 1 aliphatic heterocycles. The van der Waals surface area contributed by atoms with Crippen molar-refractivity contribution in [3.05, 3.63) is 65.7 Å². The van der Waals surface area contributed by atoms with Gasteiger partial charge in [0.25, 0.3) is 0 Å². The molecule has 1 fully saturated rings. The third-order valence-electron chi connectivity index (χ3n) is 4.59. The van der Waals surface area contributed by atoms with E-state index in [9.17, 15) is 4.79 Å². The minimum absolute atomic E-state index is 0.0537. The van der Waals surface area contributed by atoms with E-state index >= 15 is 0 Å². The summed E-state index contributed by atoms with van der Waals surface area (Å²) in [5.41, 5.74) is 2.96. The molecule has 2 heterocycles. The van der Waals surface area contributed by atoms with Gasteiger partial charge in [0.1, 0.15) is 5.25 Å². The van der Waals surface area contributed by atoms with Crippen LogP contribution in [0.3, 0.4) is 0 Å². The minimum Gasteiger partial charge on any atom is -0.378 e. The number of nitrogens with zero attached hydrogens (tertiary/aromatic N) is 5. The summed E-state index contributed by atoms with van der Waals surface area (Å²) >= 11 is 1.37. The molecular weight excluding hydrogens is 374 g/mol. The average molecular weight is 395 g/mol. The number of carbonyl (C=O) groups excluding carboxylic acids is 1. The highest BCUT2D eigenvalue weighted by Crippen LogP contribution is 2.36. The summed E-state index contributed by atoms with van der Waals surface area (Å²) in [4.78, 5) is 15.1. The molecule has 144 valence electrons. The van der Waals surface area contributed by atoms with Gasteiger partial charge in [-0.2, -0.15) is 4.68 Å². The molecule has 0 bridgehead atoms. The van der Waals surface area contributed by atoms with E-state index in [0.717, 1.165) is 16.8 Å². The van der Waals surface area contributed by atoms with E-state index in [1.807, 2.05) is 66.4 Å². The van der Waals surface area contributed by atoms with Crippen molar-refractivity contribution in [3.8, 4) is 5.69 Å². The van der Waals surface area contributed by atoms with Gasteiger partial charge < -0.3 is 9.64 Å². The predicted molar refractivity (Wildman–Crippen MR) is 106 cm³/mol. The Morgan fingerprint density at radius 3 is 2.50 bits per heavy atom. The zero-order valence-corrected chi connectivity index (χ0v) is 16.4. The van der Waals surface area contributed by atoms with Crippen molar-refractivity contribution in [2.45, 2.75) is 17.3 Å². The van der Waals surface area contributed by atoms with Crippen LogP contribution >= 0.6 is 11.8 Å². The molecule has 8 heteroatoms. The molecular formula is C20H21N5O2S. The van der Waals surface area contributed by atoms with Gasteiger partial charge in [0, 0.05) is 13.1 Å². The first kappa shape index (κ1) is 18.6. The van der Waals surface area contributed by atoms with Gasteiger partial charge in [0.2, 0.25) is 11.1 Å². The number of benzene rings is 2. The number of carbonyl (C=O) groups is 1. The second-order valence-electron chi connectivity index (χ2n) is 6.56. The van der Waals surface area contributed by atoms with Crippen LogP contribution in [0, 0.1) is 6.92 Å². The summed E-state index contributed by atoms with van der Waals surface area (Å²) < 4.78 is 7.06. The summed E-state index contributed by atoms with van der Waals surface area (Å²) in [6, 6.07) is 17.7. The second-order valence-corrected chi connectivity index (χ2v) is 7.63. The molecule has 0 aliphatic carbocycles. The monoisotopic (exact) mass is 395 g/mol. The Kier molecular flexibility index (Phi) is 5.68. The lowest BCUT2D eigenvalue weighted by atomic mass is 10.1. The number of aryl methyl sites for hydroxylation is 1. The number of rotatable bonds is 5. The third kappa shape index (κ3) is 4.07. The predicted octanol–water partition coefficient (Wildman–Crippen LogP) is 2.66. The fraction of sp³-hybridized carbons (Fsp3) is 0.300. The van der Waals surface area contributed by atoms with E-state index in [-0.39, 0.29) is 5.91 Å². The van der Waals surface area contributed by atoms with Crippen molar-refractivity contribution in [2.75, 3.05) is 26.3 Å². The molecule has 2 aromatic carbocycles. The fourth-order valence-corrected chi connectivity index (χ4v) is 4.12. The molecule has 28 heavy (non-hydrogen) atoms. The lowest BCUT2D eigenvalue weighted by molar-refractivity contribution is -0.134. The average Bonchev–Trinajstić information content (AvgIpc) is 3.21. The van der Waals surface area contributed by atoms with Gasteiger partial charge in [-0.05, 0) is 35.0 Å². The van der Waals surface area contributed by atoms with Gasteiger partial charge in [-0.25, -0.2) is 0 Å². The van der Waals surface area contributed by atoms with Crippen LogP contribution in [0.1, 0.15) is 16.4 Å². The standard InChI is InChI=1S/C20H21N5O2S/c1-15-7-9-17(10-8-15)25-20(21-22-23-25)28-18(16-5-3-2-4-6-16)19(26)24-11-13-27-14-12-24/h2-10,18H,11-14H2,1H3/t18-/m1/s1. The Balaban J connectivity index is 1.64. The summed E-state index contributed by atoms with van der Waals surface area (Å²) in [6.07, 6.45) is 0. The molecule has 1 amide bonds. The molecule has 0 saturated carbocycles. The first-order valence-corrected chi connectivity index (χ1v) is 10.0. The molecule has 1 aromatic heterocycles. The summed E-state index contributed by atoms with van der Waals surface area (Å²) in [6.45, 7) is 4.38. The molecule has 0 unspecified atom stereocenters. The number of aromatic nitrogens is 4. The van der Waals surface area contributed by atoms with Crippen molar-refractivity contribution in [1.82, 2.24) is 25.1 Å². The van der Waals surface area contributed by atoms with E-state index in [2.05, 4.69) is 15.5 Å². The Morgan fingerprint density at radius 1 is 1.07 bits per heavy atom. The number of tetrazole rings is 1. The largest absolute Gasteiger partial charge is 0.378 e. The topological polar surface area (TPSA) is 73.1 Å². The molecule has 1 saturated heterocycles. The number of thioether (sulfide) groups is 1. The molecule has 7 nitrogen and oxygen atoms in total. The molecule has 3 aromatic rings. The molecule has 0 N–H and O–H groups in total. The molecule has 4 rings (SSSR count). The molecule has 1 atom stereocenters. The van der Waals surface area contributed by atoms with Crippen molar-refractivity contribution < 1.29 is 9.53 Å². The van der Waals surface area contributed by atoms with Crippen LogP contribution < -0.4 is 0 Å². The number of hydrogen-bond acceptors (Lipinski definition) is 6. The van der Waals surface area contributed by atoms with Gasteiger partial charge in [0.05, 0.1) is 18.9 Å². The van der Waals surface area contributed by atoms with E-state index in [0.29, 0.717) is 31.5 Å². The first-order chi connectivity index (χ1) is 13.7. The summed E-state index contributed by atoms with van der Waals surface area (Å²) in [7, 11) is 0. The van der Waals surface area contributed by atoms with Gasteiger partial charge >= 0.3 is 0 Å². The quantitative estimate of drug-likeness (QED) is 0.619. The zero-order chi connectivity index (χ0) is 19.3. The molecule has 0 spiro atoms. The summed E-state index contributed by atoms with van der Waals surface area (Å²) in [5.74, 6) is 0.0537. The van der Waals surface area contributed by atoms with Crippen LogP contribution in [0.5, 0.6) is 0 Å². The lowest BCUT2D eigenvalue weighted by Gasteiger charge is -2.30. The number of morpholine rings is 1. The highest BCUT2D eigenvalue weighted by molar-refractivity contribution is 8.00. The SMILES string of the molecule is Cc1ccc(-n2nnnc2S[C@@H](C(=O)N2CCOCC2)c2ccccc2)cc1. The first-order valence-electron chi connectivity index (χ1n) is 9.16. The highest BCUT2D eigenvalue weighted by atomic mass is 32.2. The molecule has 0 radical (unpaired) electrons. The Labute approximate surface area is 167 Å². The van der Waals surface area contributed by atoms with E-state index < -0.39 is 5.25 Å². The van der Waals surface area contributed by atoms with Crippen molar-refractivity contribution in [3.63, 3.8) is 0 Å². The summed E-state index contributed by atoms with van der Waals surface area (Å²) in [5, 5.41) is 12.3. The zero-order valence-electron chi connectivity index (χ0n) is 15.6. The molecule has 1 aliphatic rings. The normalized spacial score (nSPS) is 15.4. The Bertz CT molecular complexity index is 923. The minimum atomic E-state index is -0.422. The Hall–Kier alpha value is -2.71. The van der Waals surface area contributed by atoms with E-state index in [1.54, 1.807) is 4.68 Å². The number of hydrogen-bond donors (Lipinski definition) is 0. The Morgan fingerprint density at radius 2 is 1.79 bits per heavy atom. The maximum atomic E-state index is 13.3. The van der Waals surface area contributed by atoms with Crippen LogP contribution in [-0.2, 0) is 9.53 Å². The van der Waals surface area contributed by atoms with E-state index in [4.69, 9.17) is 4.74 Å². The lowest BCUT2D eigenvalue weighted by Crippen LogP contribution is -2.42. The van der Waals surface area contributed by atoms with Gasteiger partial charge in [0.15, 0.2) is 0 Å². The third-order valence-corrected chi connectivity index (χ3v) is 5.77. The van der Waals surface area contributed by atoms with Crippen LogP contribution in [0.15, 0.2) is 59.8 Å². The van der Waals surface area contributed by atoms with Crippen LogP contribution in [0.2, 0.25) is 0 Å². The smallest absolute Gasteiger partial charge is 0.240 e. The van der Waals surface area contributed by atoms with Crippen molar-refractivity contribution >= 4 is 17.7 Å². The maximum Gasteiger partial charge on any atom is 0.240 e. The van der Waals surface area contributed by atoms with Gasteiger partial charge in [-0.15, -0.1) is 5.10 Å². The van der Waals surface area contributed by atoms with Crippen LogP contribution in [0.25, 0.3) is 5.69 Å². The second kappa shape index (κ2) is 8.53. The fourth-order valence-electron chi connectivity index (χ4n) is 3.04. The van der Waals surface area contributed by atoms with Gasteiger partial charge in [-0.3, -0.25) is 4.79 Å².